The van der Waals surface area contributed by atoms with E-state index in [1.807, 2.05) is 24.3 Å². The third-order valence-electron chi connectivity index (χ3n) is 5.26. The molecule has 0 aliphatic carbocycles. The van der Waals surface area contributed by atoms with Crippen LogP contribution in [-0.4, -0.2) is 36.1 Å². The minimum atomic E-state index is -0.278. The summed E-state index contributed by atoms with van der Waals surface area (Å²) < 4.78 is 18.4. The molecule has 1 aliphatic heterocycles. The van der Waals surface area contributed by atoms with Crippen LogP contribution in [0.3, 0.4) is 0 Å². The lowest BCUT2D eigenvalue weighted by Crippen LogP contribution is -2.40. The van der Waals surface area contributed by atoms with Gasteiger partial charge in [0.15, 0.2) is 5.82 Å². The highest BCUT2D eigenvalue weighted by Gasteiger charge is 2.27. The number of rotatable bonds is 5. The minimum Gasteiger partial charge on any atom is -0.478 e. The van der Waals surface area contributed by atoms with Crippen molar-refractivity contribution in [1.82, 2.24) is 15.3 Å². The third kappa shape index (κ3) is 4.29. The van der Waals surface area contributed by atoms with Gasteiger partial charge < -0.3 is 15.0 Å². The average molecular weight is 394 g/mol. The van der Waals surface area contributed by atoms with Crippen molar-refractivity contribution in [3.05, 3.63) is 59.9 Å². The number of hydrogen-bond acceptors (Lipinski definition) is 5. The molecule has 0 radical (unpaired) electrons. The zero-order chi connectivity index (χ0) is 20.2. The van der Waals surface area contributed by atoms with Gasteiger partial charge in [-0.3, -0.25) is 4.79 Å². The summed E-state index contributed by atoms with van der Waals surface area (Å²) in [7, 11) is 1.60. The second kappa shape index (κ2) is 8.43. The first-order valence-corrected chi connectivity index (χ1v) is 9.72. The molecule has 4 rings (SSSR count). The number of carbonyl (C=O) groups excluding carboxylic acids is 1. The number of fused-ring (bicyclic) bond motifs is 1. The van der Waals surface area contributed by atoms with Crippen LogP contribution in [0.1, 0.15) is 18.4 Å². The lowest BCUT2D eigenvalue weighted by molar-refractivity contribution is -0.125. The number of nitrogens with zero attached hydrogens (tertiary/aromatic N) is 3. The van der Waals surface area contributed by atoms with Crippen molar-refractivity contribution < 1.29 is 13.9 Å². The summed E-state index contributed by atoms with van der Waals surface area (Å²) in [6.45, 7) is 1.82. The Morgan fingerprint density at radius 2 is 1.76 bits per heavy atom. The molecule has 2 aromatic carbocycles. The number of hydrogen-bond donors (Lipinski definition) is 1. The molecular formula is C22H23FN4O2. The average Bonchev–Trinajstić information content (AvgIpc) is 2.77. The summed E-state index contributed by atoms with van der Waals surface area (Å²) in [6.07, 6.45) is 1.46. The van der Waals surface area contributed by atoms with E-state index in [0.29, 0.717) is 25.5 Å². The number of benzene rings is 2. The summed E-state index contributed by atoms with van der Waals surface area (Å²) in [5.74, 6) is 0.926. The normalized spacial score (nSPS) is 14.8. The predicted molar refractivity (Wildman–Crippen MR) is 109 cm³/mol. The van der Waals surface area contributed by atoms with E-state index in [2.05, 4.69) is 15.2 Å². The van der Waals surface area contributed by atoms with Crippen molar-refractivity contribution >= 4 is 22.8 Å². The van der Waals surface area contributed by atoms with E-state index in [4.69, 9.17) is 9.72 Å². The molecule has 1 aliphatic rings. The quantitative estimate of drug-likeness (QED) is 0.719. The maximum atomic E-state index is 13.0. The van der Waals surface area contributed by atoms with Gasteiger partial charge in [-0.2, -0.15) is 0 Å². The number of anilines is 1. The maximum absolute atomic E-state index is 13.0. The number of amides is 1. The highest BCUT2D eigenvalue weighted by Crippen LogP contribution is 2.30. The van der Waals surface area contributed by atoms with Crippen molar-refractivity contribution in [2.75, 3.05) is 25.1 Å². The smallest absolute Gasteiger partial charge is 0.257 e. The Hall–Kier alpha value is -3.22. The molecular weight excluding hydrogens is 371 g/mol. The van der Waals surface area contributed by atoms with Crippen LogP contribution in [0.2, 0.25) is 0 Å². The number of carbonyl (C=O) groups is 1. The van der Waals surface area contributed by atoms with Crippen LogP contribution in [0, 0.1) is 11.7 Å². The molecule has 0 saturated carbocycles. The highest BCUT2D eigenvalue weighted by molar-refractivity contribution is 5.79. The number of halogens is 1. The lowest BCUT2D eigenvalue weighted by Gasteiger charge is -2.32. The van der Waals surface area contributed by atoms with Crippen LogP contribution in [0.5, 0.6) is 5.88 Å². The van der Waals surface area contributed by atoms with E-state index in [-0.39, 0.29) is 17.6 Å². The first kappa shape index (κ1) is 19.1. The van der Waals surface area contributed by atoms with E-state index in [0.717, 1.165) is 35.3 Å². The Bertz CT molecular complexity index is 1000. The molecule has 1 amide bonds. The van der Waals surface area contributed by atoms with Crippen LogP contribution in [0.4, 0.5) is 10.2 Å². The van der Waals surface area contributed by atoms with Crippen LogP contribution in [0.15, 0.2) is 48.5 Å². The molecule has 1 aromatic heterocycles. The van der Waals surface area contributed by atoms with Gasteiger partial charge in [0, 0.05) is 25.6 Å². The second-order valence-corrected chi connectivity index (χ2v) is 7.15. The van der Waals surface area contributed by atoms with Gasteiger partial charge in [-0.05, 0) is 42.7 Å². The van der Waals surface area contributed by atoms with Gasteiger partial charge in [0.05, 0.1) is 18.1 Å². The van der Waals surface area contributed by atoms with Gasteiger partial charge in [0.25, 0.3) is 5.88 Å². The Kier molecular flexibility index (Phi) is 5.55. The molecule has 0 spiro atoms. The fourth-order valence-corrected chi connectivity index (χ4v) is 3.61. The zero-order valence-electron chi connectivity index (χ0n) is 16.3. The molecule has 7 heteroatoms. The zero-order valence-corrected chi connectivity index (χ0v) is 16.3. The van der Waals surface area contributed by atoms with Gasteiger partial charge in [-0.1, -0.05) is 24.3 Å². The summed E-state index contributed by atoms with van der Waals surface area (Å²) in [4.78, 5) is 23.9. The first-order chi connectivity index (χ1) is 14.1. The van der Waals surface area contributed by atoms with Gasteiger partial charge in [-0.15, -0.1) is 0 Å². The molecule has 0 unspecified atom stereocenters. The summed E-state index contributed by atoms with van der Waals surface area (Å²) in [5, 5.41) is 2.96. The van der Waals surface area contributed by atoms with Gasteiger partial charge in [0.1, 0.15) is 5.82 Å². The predicted octanol–water partition coefficient (Wildman–Crippen LogP) is 3.31. The Morgan fingerprint density at radius 3 is 2.41 bits per heavy atom. The minimum absolute atomic E-state index is 0.0329. The third-order valence-corrected chi connectivity index (χ3v) is 5.26. The van der Waals surface area contributed by atoms with Crippen molar-refractivity contribution in [2.24, 2.45) is 5.92 Å². The fourth-order valence-electron chi connectivity index (χ4n) is 3.61. The van der Waals surface area contributed by atoms with Gasteiger partial charge >= 0.3 is 0 Å². The van der Waals surface area contributed by atoms with Gasteiger partial charge in [0.2, 0.25) is 5.91 Å². The van der Waals surface area contributed by atoms with Crippen LogP contribution in [0.25, 0.3) is 11.0 Å². The Labute approximate surface area is 168 Å². The summed E-state index contributed by atoms with van der Waals surface area (Å²) in [5.41, 5.74) is 2.50. The Balaban J connectivity index is 1.38. The first-order valence-electron chi connectivity index (χ1n) is 9.72. The lowest BCUT2D eigenvalue weighted by atomic mass is 9.96. The van der Waals surface area contributed by atoms with Crippen LogP contribution < -0.4 is 15.0 Å². The number of para-hydroxylation sites is 2. The van der Waals surface area contributed by atoms with Crippen LogP contribution in [-0.2, 0) is 11.3 Å². The van der Waals surface area contributed by atoms with E-state index in [9.17, 15) is 9.18 Å². The number of methoxy groups -OCH3 is 1. The van der Waals surface area contributed by atoms with Crippen molar-refractivity contribution in [2.45, 2.75) is 19.4 Å². The highest BCUT2D eigenvalue weighted by atomic mass is 19.1. The molecule has 0 atom stereocenters. The van der Waals surface area contributed by atoms with E-state index < -0.39 is 0 Å². The summed E-state index contributed by atoms with van der Waals surface area (Å²) in [6, 6.07) is 13.9. The topological polar surface area (TPSA) is 67.4 Å². The number of aromatic nitrogens is 2. The number of piperidine rings is 1. The standard InChI is InChI=1S/C22H23FN4O2/c1-29-22-20(25-18-4-2-3-5-19(18)26-22)27-12-10-16(11-13-27)21(28)24-14-15-6-8-17(23)9-7-15/h2-9,16H,10-14H2,1H3,(H,24,28). The molecule has 1 saturated heterocycles. The van der Waals surface area contributed by atoms with Crippen molar-refractivity contribution in [1.29, 1.82) is 0 Å². The van der Waals surface area contributed by atoms with Crippen molar-refractivity contribution in [3.8, 4) is 5.88 Å². The second-order valence-electron chi connectivity index (χ2n) is 7.15. The molecule has 1 fully saturated rings. The maximum Gasteiger partial charge on any atom is 0.257 e. The SMILES string of the molecule is COc1nc2ccccc2nc1N1CCC(C(=O)NCc2ccc(F)cc2)CC1. The number of nitrogens with one attached hydrogen (secondary N) is 1. The largest absolute Gasteiger partial charge is 0.478 e. The van der Waals surface area contributed by atoms with Crippen LogP contribution >= 0.6 is 0 Å². The van der Waals surface area contributed by atoms with Crippen molar-refractivity contribution in [3.63, 3.8) is 0 Å². The molecule has 0 bridgehead atoms. The molecule has 29 heavy (non-hydrogen) atoms. The summed E-state index contributed by atoms with van der Waals surface area (Å²) >= 11 is 0. The monoisotopic (exact) mass is 394 g/mol. The van der Waals surface area contributed by atoms with Gasteiger partial charge in [-0.25, -0.2) is 14.4 Å². The molecule has 3 aromatic rings. The number of ether oxygens (including phenoxy) is 1. The molecule has 1 N–H and O–H groups in total. The fraction of sp³-hybridized carbons (Fsp3) is 0.318. The van der Waals surface area contributed by atoms with E-state index in [1.165, 1.54) is 12.1 Å². The van der Waals surface area contributed by atoms with E-state index in [1.54, 1.807) is 19.2 Å². The molecule has 6 nitrogen and oxygen atoms in total. The van der Waals surface area contributed by atoms with E-state index >= 15 is 0 Å². The Morgan fingerprint density at radius 1 is 1.10 bits per heavy atom. The molecule has 2 heterocycles. The molecule has 150 valence electrons.